The number of halogens is 1. The molecular formula is C10H11FOS. The minimum Gasteiger partial charge on any atom is -0.396 e. The summed E-state index contributed by atoms with van der Waals surface area (Å²) in [5.74, 6) is -0.330. The van der Waals surface area contributed by atoms with Gasteiger partial charge < -0.3 is 5.11 Å². The van der Waals surface area contributed by atoms with Gasteiger partial charge in [-0.05, 0) is 17.7 Å². The minimum absolute atomic E-state index is 0.0240. The quantitative estimate of drug-likeness (QED) is 0.593. The third-order valence-electron chi connectivity index (χ3n) is 1.85. The Morgan fingerprint density at radius 3 is 2.46 bits per heavy atom. The summed E-state index contributed by atoms with van der Waals surface area (Å²) in [5.41, 5.74) is 0.804. The molecule has 1 N–H and O–H groups in total. The summed E-state index contributed by atoms with van der Waals surface area (Å²) >= 11 is 5.10. The summed E-state index contributed by atoms with van der Waals surface area (Å²) in [6, 6.07) is 5.99. The van der Waals surface area contributed by atoms with Gasteiger partial charge in [-0.15, -0.1) is 0 Å². The molecule has 1 aromatic rings. The van der Waals surface area contributed by atoms with Gasteiger partial charge >= 0.3 is 0 Å². The van der Waals surface area contributed by atoms with Gasteiger partial charge in [0.2, 0.25) is 0 Å². The first-order valence-corrected chi connectivity index (χ1v) is 4.46. The Hall–Kier alpha value is -0.800. The van der Waals surface area contributed by atoms with Crippen molar-refractivity contribution >= 4 is 17.1 Å². The lowest BCUT2D eigenvalue weighted by atomic mass is 10.0. The van der Waals surface area contributed by atoms with E-state index < -0.39 is 0 Å². The van der Waals surface area contributed by atoms with E-state index in [9.17, 15) is 4.39 Å². The van der Waals surface area contributed by atoms with E-state index in [2.05, 4.69) is 0 Å². The van der Waals surface area contributed by atoms with Gasteiger partial charge in [0.15, 0.2) is 0 Å². The van der Waals surface area contributed by atoms with Crippen molar-refractivity contribution in [2.75, 3.05) is 6.61 Å². The van der Waals surface area contributed by atoms with E-state index in [-0.39, 0.29) is 18.3 Å². The van der Waals surface area contributed by atoms with E-state index in [4.69, 9.17) is 17.3 Å². The molecule has 1 unspecified atom stereocenters. The number of rotatable bonds is 3. The fraction of sp³-hybridized carbons (Fsp3) is 0.300. The van der Waals surface area contributed by atoms with Gasteiger partial charge in [-0.2, -0.15) is 0 Å². The monoisotopic (exact) mass is 198 g/mol. The predicted molar refractivity (Wildman–Crippen MR) is 54.3 cm³/mol. The molecule has 0 saturated heterocycles. The largest absolute Gasteiger partial charge is 0.396 e. The number of hydrogen-bond donors (Lipinski definition) is 1. The van der Waals surface area contributed by atoms with E-state index in [1.165, 1.54) is 12.1 Å². The number of thiocarbonyl (C=S) groups is 1. The van der Waals surface area contributed by atoms with Crippen LogP contribution in [0.5, 0.6) is 0 Å². The zero-order valence-electron chi connectivity index (χ0n) is 7.33. The van der Waals surface area contributed by atoms with Crippen molar-refractivity contribution in [1.82, 2.24) is 0 Å². The third kappa shape index (κ3) is 2.57. The highest BCUT2D eigenvalue weighted by molar-refractivity contribution is 7.80. The van der Waals surface area contributed by atoms with E-state index in [1.54, 1.807) is 12.1 Å². The lowest BCUT2D eigenvalue weighted by Gasteiger charge is -2.09. The molecule has 0 aromatic heterocycles. The van der Waals surface area contributed by atoms with Crippen LogP contribution >= 0.6 is 12.2 Å². The number of aliphatic hydroxyl groups excluding tert-OH is 1. The van der Waals surface area contributed by atoms with Crippen LogP contribution in [0.25, 0.3) is 0 Å². The maximum atomic E-state index is 12.5. The molecule has 0 aliphatic heterocycles. The van der Waals surface area contributed by atoms with Crippen LogP contribution in [-0.2, 0) is 0 Å². The van der Waals surface area contributed by atoms with Crippen LogP contribution in [-0.4, -0.2) is 16.6 Å². The Labute approximate surface area is 82.2 Å². The SMILES string of the molecule is CC(CO)C(=S)c1ccc(F)cc1. The normalized spacial score (nSPS) is 12.5. The molecule has 0 aliphatic rings. The van der Waals surface area contributed by atoms with Crippen LogP contribution in [0.4, 0.5) is 4.39 Å². The highest BCUT2D eigenvalue weighted by atomic mass is 32.1. The van der Waals surface area contributed by atoms with Crippen molar-refractivity contribution < 1.29 is 9.50 Å². The molecule has 0 spiro atoms. The van der Waals surface area contributed by atoms with Gasteiger partial charge in [-0.3, -0.25) is 0 Å². The molecule has 1 atom stereocenters. The van der Waals surface area contributed by atoms with Crippen molar-refractivity contribution in [3.63, 3.8) is 0 Å². The average molecular weight is 198 g/mol. The average Bonchev–Trinajstić information content (AvgIpc) is 2.17. The van der Waals surface area contributed by atoms with E-state index in [0.717, 1.165) is 5.56 Å². The fourth-order valence-electron chi connectivity index (χ4n) is 0.982. The first-order valence-electron chi connectivity index (χ1n) is 4.05. The van der Waals surface area contributed by atoms with E-state index >= 15 is 0 Å². The molecule has 70 valence electrons. The van der Waals surface area contributed by atoms with Crippen LogP contribution in [0.15, 0.2) is 24.3 Å². The molecule has 0 saturated carbocycles. The first kappa shape index (κ1) is 10.3. The van der Waals surface area contributed by atoms with Crippen LogP contribution in [0.3, 0.4) is 0 Å². The second-order valence-corrected chi connectivity index (χ2v) is 3.39. The minimum atomic E-state index is -0.275. The molecule has 1 nitrogen and oxygen atoms in total. The van der Waals surface area contributed by atoms with Gasteiger partial charge in [-0.25, -0.2) is 4.39 Å². The van der Waals surface area contributed by atoms with Crippen LogP contribution in [0.1, 0.15) is 12.5 Å². The number of aliphatic hydroxyl groups is 1. The third-order valence-corrected chi connectivity index (χ3v) is 2.49. The lowest BCUT2D eigenvalue weighted by Crippen LogP contribution is -2.13. The van der Waals surface area contributed by atoms with Gasteiger partial charge in [0.25, 0.3) is 0 Å². The highest BCUT2D eigenvalue weighted by Crippen LogP contribution is 2.10. The van der Waals surface area contributed by atoms with Gasteiger partial charge in [0.05, 0.1) is 6.61 Å². The summed E-state index contributed by atoms with van der Waals surface area (Å²) in [6.07, 6.45) is 0. The molecule has 0 amide bonds. The molecular weight excluding hydrogens is 187 g/mol. The van der Waals surface area contributed by atoms with Crippen LogP contribution in [0.2, 0.25) is 0 Å². The smallest absolute Gasteiger partial charge is 0.123 e. The molecule has 0 fully saturated rings. The van der Waals surface area contributed by atoms with Crippen molar-refractivity contribution in [2.24, 2.45) is 5.92 Å². The second-order valence-electron chi connectivity index (χ2n) is 2.95. The lowest BCUT2D eigenvalue weighted by molar-refractivity contribution is 0.271. The Balaban J connectivity index is 2.83. The summed E-state index contributed by atoms with van der Waals surface area (Å²) in [5, 5.41) is 8.86. The van der Waals surface area contributed by atoms with Crippen LogP contribution < -0.4 is 0 Å². The molecule has 0 radical (unpaired) electrons. The molecule has 1 aromatic carbocycles. The summed E-state index contributed by atoms with van der Waals surface area (Å²) < 4.78 is 12.5. The topological polar surface area (TPSA) is 20.2 Å². The molecule has 13 heavy (non-hydrogen) atoms. The standard InChI is InChI=1S/C10H11FOS/c1-7(6-12)10(13)8-2-4-9(11)5-3-8/h2-5,7,12H,6H2,1H3. The fourth-order valence-corrected chi connectivity index (χ4v) is 1.19. The Bertz CT molecular complexity index is 294. The Morgan fingerprint density at radius 1 is 1.46 bits per heavy atom. The molecule has 1 rings (SSSR count). The zero-order chi connectivity index (χ0) is 9.84. The second kappa shape index (κ2) is 4.44. The molecule has 3 heteroatoms. The number of hydrogen-bond acceptors (Lipinski definition) is 2. The summed E-state index contributed by atoms with van der Waals surface area (Å²) in [4.78, 5) is 0.669. The van der Waals surface area contributed by atoms with Crippen molar-refractivity contribution in [3.05, 3.63) is 35.6 Å². The van der Waals surface area contributed by atoms with Crippen molar-refractivity contribution in [1.29, 1.82) is 0 Å². The summed E-state index contributed by atoms with van der Waals surface area (Å²) in [7, 11) is 0. The van der Waals surface area contributed by atoms with E-state index in [1.807, 2.05) is 6.92 Å². The predicted octanol–water partition coefficient (Wildman–Crippen LogP) is 2.17. The van der Waals surface area contributed by atoms with Gasteiger partial charge in [-0.1, -0.05) is 31.3 Å². The molecule has 0 aliphatic carbocycles. The highest BCUT2D eigenvalue weighted by Gasteiger charge is 2.09. The van der Waals surface area contributed by atoms with Gasteiger partial charge in [0.1, 0.15) is 5.82 Å². The van der Waals surface area contributed by atoms with Gasteiger partial charge in [0, 0.05) is 10.8 Å². The summed E-state index contributed by atoms with van der Waals surface area (Å²) in [6.45, 7) is 1.86. The molecule has 0 heterocycles. The maximum Gasteiger partial charge on any atom is 0.123 e. The Morgan fingerprint density at radius 2 is 2.00 bits per heavy atom. The maximum absolute atomic E-state index is 12.5. The first-order chi connectivity index (χ1) is 6.15. The van der Waals surface area contributed by atoms with Crippen molar-refractivity contribution in [2.45, 2.75) is 6.92 Å². The zero-order valence-corrected chi connectivity index (χ0v) is 8.14. The Kier molecular flexibility index (Phi) is 3.51. The number of benzene rings is 1. The molecule has 0 bridgehead atoms. The van der Waals surface area contributed by atoms with Crippen LogP contribution in [0, 0.1) is 11.7 Å². The van der Waals surface area contributed by atoms with Crippen molar-refractivity contribution in [3.8, 4) is 0 Å². The van der Waals surface area contributed by atoms with E-state index in [0.29, 0.717) is 4.86 Å².